The topological polar surface area (TPSA) is 37.3 Å². The second kappa shape index (κ2) is 5.95. The van der Waals surface area contributed by atoms with Crippen LogP contribution in [0.25, 0.3) is 21.7 Å². The van der Waals surface area contributed by atoms with Gasteiger partial charge in [0.25, 0.3) is 0 Å². The average Bonchev–Trinajstić information content (AvgIpc) is 3.11. The van der Waals surface area contributed by atoms with E-state index >= 15 is 0 Å². The number of anilines is 1. The lowest BCUT2D eigenvalue weighted by Gasteiger charge is -2.10. The van der Waals surface area contributed by atoms with Crippen molar-refractivity contribution in [2.75, 3.05) is 5.43 Å². The number of fused-ring (bicyclic) bond motifs is 1. The van der Waals surface area contributed by atoms with Gasteiger partial charge in [-0.05, 0) is 53.8 Å². The molecule has 0 aliphatic heterocycles. The van der Waals surface area contributed by atoms with Crippen LogP contribution < -0.4 is 5.43 Å². The lowest BCUT2D eigenvalue weighted by atomic mass is 9.98. The first-order valence-corrected chi connectivity index (χ1v) is 8.99. The van der Waals surface area contributed by atoms with E-state index in [1.165, 1.54) is 27.5 Å². The molecule has 3 heteroatoms. The summed E-state index contributed by atoms with van der Waals surface area (Å²) < 4.78 is 0. The molecule has 0 spiro atoms. The third kappa shape index (κ3) is 2.36. The van der Waals surface area contributed by atoms with Crippen molar-refractivity contribution in [3.63, 3.8) is 0 Å². The van der Waals surface area contributed by atoms with Gasteiger partial charge in [0.2, 0.25) is 0 Å². The molecule has 1 aromatic heterocycles. The highest BCUT2D eigenvalue weighted by Crippen LogP contribution is 2.33. The highest BCUT2D eigenvalue weighted by atomic mass is 15.3. The summed E-state index contributed by atoms with van der Waals surface area (Å²) in [6.07, 6.45) is 4.10. The number of nitrogens with one attached hydrogen (secondary N) is 1. The zero-order valence-electron chi connectivity index (χ0n) is 14.7. The van der Waals surface area contributed by atoms with Crippen molar-refractivity contribution in [1.29, 1.82) is 0 Å². The molecule has 0 bridgehead atoms. The molecule has 126 valence electrons. The van der Waals surface area contributed by atoms with Gasteiger partial charge in [-0.25, -0.2) is 0 Å². The SMILES string of the molecule is C/C(=N/Nc1cccc2cccnc12)c1ccc2c3c(cccc13)CC2. The van der Waals surface area contributed by atoms with E-state index in [0.717, 1.165) is 35.1 Å². The number of aromatic nitrogens is 1. The normalized spacial score (nSPS) is 13.5. The summed E-state index contributed by atoms with van der Waals surface area (Å²) in [5.41, 5.74) is 10.2. The minimum absolute atomic E-state index is 0.924. The van der Waals surface area contributed by atoms with Crippen LogP contribution in [-0.4, -0.2) is 10.7 Å². The number of aryl methyl sites for hydroxylation is 2. The summed E-state index contributed by atoms with van der Waals surface area (Å²) in [5, 5.41) is 8.50. The minimum atomic E-state index is 0.924. The summed E-state index contributed by atoms with van der Waals surface area (Å²) >= 11 is 0. The number of hydrogen-bond acceptors (Lipinski definition) is 3. The van der Waals surface area contributed by atoms with Crippen molar-refractivity contribution in [3.05, 3.63) is 83.6 Å². The Morgan fingerprint density at radius 2 is 1.73 bits per heavy atom. The Balaban J connectivity index is 1.56. The first kappa shape index (κ1) is 15.1. The van der Waals surface area contributed by atoms with Crippen LogP contribution in [-0.2, 0) is 12.8 Å². The molecule has 26 heavy (non-hydrogen) atoms. The number of hydrazone groups is 1. The van der Waals surface area contributed by atoms with E-state index in [4.69, 9.17) is 0 Å². The first-order valence-electron chi connectivity index (χ1n) is 8.99. The number of para-hydroxylation sites is 1. The molecule has 0 unspecified atom stereocenters. The fourth-order valence-corrected chi connectivity index (χ4v) is 3.96. The smallest absolute Gasteiger partial charge is 0.0951 e. The number of pyridine rings is 1. The summed E-state index contributed by atoms with van der Waals surface area (Å²) in [6.45, 7) is 2.06. The van der Waals surface area contributed by atoms with E-state index in [1.54, 1.807) is 0 Å². The monoisotopic (exact) mass is 337 g/mol. The Bertz CT molecular complexity index is 1160. The maximum absolute atomic E-state index is 4.67. The summed E-state index contributed by atoms with van der Waals surface area (Å²) in [5.74, 6) is 0. The fraction of sp³-hybridized carbons (Fsp3) is 0.130. The Kier molecular flexibility index (Phi) is 3.45. The Hall–Kier alpha value is -3.20. The molecule has 1 heterocycles. The Labute approximate surface area is 152 Å². The predicted octanol–water partition coefficient (Wildman–Crippen LogP) is 5.32. The van der Waals surface area contributed by atoms with Gasteiger partial charge in [-0.3, -0.25) is 10.4 Å². The third-order valence-electron chi connectivity index (χ3n) is 5.24. The van der Waals surface area contributed by atoms with E-state index in [9.17, 15) is 0 Å². The zero-order chi connectivity index (χ0) is 17.5. The van der Waals surface area contributed by atoms with Gasteiger partial charge in [-0.15, -0.1) is 0 Å². The van der Waals surface area contributed by atoms with Crippen LogP contribution in [0.1, 0.15) is 23.6 Å². The maximum atomic E-state index is 4.67. The molecular formula is C23H19N3. The zero-order valence-corrected chi connectivity index (χ0v) is 14.7. The molecule has 1 aliphatic rings. The molecule has 1 N–H and O–H groups in total. The molecule has 0 atom stereocenters. The van der Waals surface area contributed by atoms with Crippen molar-refractivity contribution in [1.82, 2.24) is 4.98 Å². The minimum Gasteiger partial charge on any atom is -0.276 e. The van der Waals surface area contributed by atoms with Crippen molar-refractivity contribution in [2.45, 2.75) is 19.8 Å². The summed E-state index contributed by atoms with van der Waals surface area (Å²) in [7, 11) is 0. The highest BCUT2D eigenvalue weighted by molar-refractivity contribution is 6.11. The predicted molar refractivity (Wildman–Crippen MR) is 109 cm³/mol. The molecular weight excluding hydrogens is 318 g/mol. The van der Waals surface area contributed by atoms with Crippen molar-refractivity contribution < 1.29 is 0 Å². The molecule has 4 aromatic rings. The fourth-order valence-electron chi connectivity index (χ4n) is 3.96. The molecule has 0 amide bonds. The van der Waals surface area contributed by atoms with Gasteiger partial charge in [0, 0.05) is 17.1 Å². The quantitative estimate of drug-likeness (QED) is 0.406. The van der Waals surface area contributed by atoms with Gasteiger partial charge in [-0.1, -0.05) is 48.5 Å². The lowest BCUT2D eigenvalue weighted by Crippen LogP contribution is -2.02. The number of benzene rings is 3. The van der Waals surface area contributed by atoms with Gasteiger partial charge < -0.3 is 0 Å². The largest absolute Gasteiger partial charge is 0.276 e. The van der Waals surface area contributed by atoms with Gasteiger partial charge in [-0.2, -0.15) is 5.10 Å². The van der Waals surface area contributed by atoms with E-state index in [2.05, 4.69) is 64.9 Å². The van der Waals surface area contributed by atoms with Gasteiger partial charge in [0.1, 0.15) is 0 Å². The maximum Gasteiger partial charge on any atom is 0.0951 e. The van der Waals surface area contributed by atoms with Crippen LogP contribution in [0.15, 0.2) is 72.0 Å². The van der Waals surface area contributed by atoms with E-state index in [1.807, 2.05) is 24.4 Å². The molecule has 5 rings (SSSR count). The van der Waals surface area contributed by atoms with Crippen LogP contribution in [0.5, 0.6) is 0 Å². The van der Waals surface area contributed by atoms with Crippen LogP contribution in [0, 0.1) is 0 Å². The van der Waals surface area contributed by atoms with Crippen LogP contribution in [0.2, 0.25) is 0 Å². The lowest BCUT2D eigenvalue weighted by molar-refractivity contribution is 1.02. The summed E-state index contributed by atoms with van der Waals surface area (Å²) in [6, 6.07) is 21.2. The van der Waals surface area contributed by atoms with E-state index in [-0.39, 0.29) is 0 Å². The molecule has 3 aromatic carbocycles. The van der Waals surface area contributed by atoms with Crippen molar-refractivity contribution in [3.8, 4) is 0 Å². The number of nitrogens with zero attached hydrogens (tertiary/aromatic N) is 2. The molecule has 0 radical (unpaired) electrons. The van der Waals surface area contributed by atoms with Crippen molar-refractivity contribution >= 4 is 33.1 Å². The summed E-state index contributed by atoms with van der Waals surface area (Å²) in [4.78, 5) is 4.48. The second-order valence-corrected chi connectivity index (χ2v) is 6.80. The van der Waals surface area contributed by atoms with Gasteiger partial charge >= 0.3 is 0 Å². The molecule has 1 aliphatic carbocycles. The Morgan fingerprint density at radius 3 is 2.65 bits per heavy atom. The highest BCUT2D eigenvalue weighted by Gasteiger charge is 2.16. The van der Waals surface area contributed by atoms with Crippen molar-refractivity contribution in [2.24, 2.45) is 5.10 Å². The van der Waals surface area contributed by atoms with E-state index in [0.29, 0.717) is 0 Å². The molecule has 0 fully saturated rings. The third-order valence-corrected chi connectivity index (χ3v) is 5.24. The van der Waals surface area contributed by atoms with Gasteiger partial charge in [0.05, 0.1) is 16.9 Å². The van der Waals surface area contributed by atoms with Gasteiger partial charge in [0.15, 0.2) is 0 Å². The molecule has 0 saturated heterocycles. The van der Waals surface area contributed by atoms with E-state index < -0.39 is 0 Å². The average molecular weight is 337 g/mol. The molecule has 3 nitrogen and oxygen atoms in total. The van der Waals surface area contributed by atoms with Crippen LogP contribution >= 0.6 is 0 Å². The number of rotatable bonds is 3. The molecule has 0 saturated carbocycles. The number of hydrogen-bond donors (Lipinski definition) is 1. The Morgan fingerprint density at radius 1 is 0.923 bits per heavy atom. The standard InChI is InChI=1S/C23H19N3/c1-15(25-26-21-9-3-6-18-7-4-14-24-23(18)21)19-13-12-17-11-10-16-5-2-8-20(19)22(16)17/h2-9,12-14,26H,10-11H2,1H3/b25-15-. The van der Waals surface area contributed by atoms with Crippen LogP contribution in [0.4, 0.5) is 5.69 Å². The van der Waals surface area contributed by atoms with Crippen LogP contribution in [0.3, 0.4) is 0 Å². The second-order valence-electron chi connectivity index (χ2n) is 6.80. The first-order chi connectivity index (χ1) is 12.8.